The molecule has 0 aliphatic carbocycles. The molecule has 1 rings (SSSR count). The van der Waals surface area contributed by atoms with E-state index in [4.69, 9.17) is 9.05 Å². The molecule has 4 heteroatoms. The van der Waals surface area contributed by atoms with Gasteiger partial charge in [-0.25, -0.2) is 0 Å². The van der Waals surface area contributed by atoms with Gasteiger partial charge in [0.25, 0.3) is 0 Å². The molecule has 0 radical (unpaired) electrons. The summed E-state index contributed by atoms with van der Waals surface area (Å²) in [6.07, 6.45) is 6.42. The molecular weight excluding hydrogens is 221 g/mol. The van der Waals surface area contributed by atoms with Crippen LogP contribution in [0.5, 0.6) is 0 Å². The van der Waals surface area contributed by atoms with Gasteiger partial charge in [-0.05, 0) is 58.5 Å². The van der Waals surface area contributed by atoms with Gasteiger partial charge in [-0.2, -0.15) is 0 Å². The van der Waals surface area contributed by atoms with Crippen molar-refractivity contribution in [2.75, 3.05) is 32.5 Å². The summed E-state index contributed by atoms with van der Waals surface area (Å²) in [6.45, 7) is 8.05. The first-order valence-electron chi connectivity index (χ1n) is 6.60. The van der Waals surface area contributed by atoms with E-state index >= 15 is 0 Å². The average molecular weight is 247 g/mol. The Bertz CT molecular complexity index is 157. The van der Waals surface area contributed by atoms with E-state index in [-0.39, 0.29) is 0 Å². The molecule has 0 aromatic heterocycles. The van der Waals surface area contributed by atoms with Gasteiger partial charge < -0.3 is 14.4 Å². The molecule has 3 nitrogen and oxygen atoms in total. The zero-order valence-electron chi connectivity index (χ0n) is 10.7. The predicted octanol–water partition coefficient (Wildman–Crippen LogP) is 3.15. The molecular formula is C12H26NO2P. The Labute approximate surface area is 101 Å². The van der Waals surface area contributed by atoms with Crippen molar-refractivity contribution in [2.24, 2.45) is 5.92 Å². The highest BCUT2D eigenvalue weighted by molar-refractivity contribution is 7.47. The van der Waals surface area contributed by atoms with Crippen LogP contribution in [0.15, 0.2) is 0 Å². The van der Waals surface area contributed by atoms with Crippen LogP contribution < -0.4 is 5.32 Å². The van der Waals surface area contributed by atoms with Gasteiger partial charge in [0.05, 0.1) is 13.2 Å². The van der Waals surface area contributed by atoms with Crippen molar-refractivity contribution < 1.29 is 9.05 Å². The predicted molar refractivity (Wildman–Crippen MR) is 69.9 cm³/mol. The third-order valence-corrected chi connectivity index (χ3v) is 4.73. The molecule has 1 N–H and O–H groups in total. The highest BCUT2D eigenvalue weighted by Crippen LogP contribution is 2.39. The zero-order chi connectivity index (χ0) is 11.6. The summed E-state index contributed by atoms with van der Waals surface area (Å²) in [5.41, 5.74) is 0. The first kappa shape index (κ1) is 14.4. The van der Waals surface area contributed by atoms with E-state index in [1.54, 1.807) is 0 Å². The first-order valence-corrected chi connectivity index (χ1v) is 7.97. The van der Waals surface area contributed by atoms with Gasteiger partial charge in [-0.3, -0.25) is 0 Å². The molecule has 1 fully saturated rings. The monoisotopic (exact) mass is 247 g/mol. The largest absolute Gasteiger partial charge is 0.334 e. The fourth-order valence-electron chi connectivity index (χ4n) is 2.13. The fourth-order valence-corrected chi connectivity index (χ4v) is 3.48. The zero-order valence-corrected chi connectivity index (χ0v) is 11.6. The molecule has 0 spiro atoms. The summed E-state index contributed by atoms with van der Waals surface area (Å²) in [6, 6.07) is 0. The van der Waals surface area contributed by atoms with E-state index in [0.29, 0.717) is 0 Å². The van der Waals surface area contributed by atoms with Gasteiger partial charge in [0.15, 0.2) is 8.38 Å². The van der Waals surface area contributed by atoms with Crippen LogP contribution in [0.25, 0.3) is 0 Å². The maximum atomic E-state index is 5.60. The number of hydrogen-bond acceptors (Lipinski definition) is 3. The lowest BCUT2D eigenvalue weighted by Crippen LogP contribution is -2.27. The van der Waals surface area contributed by atoms with Crippen molar-refractivity contribution in [3.63, 3.8) is 0 Å². The van der Waals surface area contributed by atoms with Crippen LogP contribution in [-0.2, 0) is 9.05 Å². The van der Waals surface area contributed by atoms with Crippen LogP contribution >= 0.6 is 8.38 Å². The summed E-state index contributed by atoms with van der Waals surface area (Å²) in [5.74, 6) is 0.932. The van der Waals surface area contributed by atoms with Crippen molar-refractivity contribution in [3.8, 4) is 0 Å². The summed E-state index contributed by atoms with van der Waals surface area (Å²) >= 11 is 0. The molecule has 1 aliphatic rings. The summed E-state index contributed by atoms with van der Waals surface area (Å²) in [4.78, 5) is 0. The topological polar surface area (TPSA) is 30.5 Å². The molecule has 0 saturated carbocycles. The van der Waals surface area contributed by atoms with Crippen LogP contribution in [0.1, 0.15) is 39.5 Å². The normalized spacial score (nSPS) is 18.2. The SMILES string of the molecule is CCOP(CCCC1CCNCC1)OCC. The minimum absolute atomic E-state index is 0.603. The van der Waals surface area contributed by atoms with Gasteiger partial charge in [-0.1, -0.05) is 0 Å². The van der Waals surface area contributed by atoms with Gasteiger partial charge in [-0.15, -0.1) is 0 Å². The molecule has 1 aliphatic heterocycles. The maximum absolute atomic E-state index is 5.60. The highest BCUT2D eigenvalue weighted by atomic mass is 31.2. The lowest BCUT2D eigenvalue weighted by atomic mass is 9.94. The molecule has 0 unspecified atom stereocenters. The fraction of sp³-hybridized carbons (Fsp3) is 1.00. The van der Waals surface area contributed by atoms with Crippen molar-refractivity contribution >= 4 is 8.38 Å². The number of hydrogen-bond donors (Lipinski definition) is 1. The third-order valence-electron chi connectivity index (χ3n) is 2.96. The Hall–Kier alpha value is 0.310. The van der Waals surface area contributed by atoms with E-state index in [1.807, 2.05) is 13.8 Å². The van der Waals surface area contributed by atoms with Gasteiger partial charge in [0, 0.05) is 6.16 Å². The van der Waals surface area contributed by atoms with Crippen molar-refractivity contribution in [3.05, 3.63) is 0 Å². The molecule has 96 valence electrons. The Morgan fingerprint density at radius 1 is 1.12 bits per heavy atom. The smallest absolute Gasteiger partial charge is 0.170 e. The molecule has 1 heterocycles. The molecule has 0 aromatic rings. The minimum atomic E-state index is -0.603. The van der Waals surface area contributed by atoms with Gasteiger partial charge in [0.2, 0.25) is 0 Å². The number of nitrogens with one attached hydrogen (secondary N) is 1. The van der Waals surface area contributed by atoms with Gasteiger partial charge in [0.1, 0.15) is 0 Å². The van der Waals surface area contributed by atoms with Gasteiger partial charge >= 0.3 is 0 Å². The van der Waals surface area contributed by atoms with Crippen LogP contribution in [0.2, 0.25) is 0 Å². The Kier molecular flexibility index (Phi) is 8.40. The van der Waals surface area contributed by atoms with Crippen molar-refractivity contribution in [2.45, 2.75) is 39.5 Å². The molecule has 16 heavy (non-hydrogen) atoms. The Balaban J connectivity index is 2.06. The first-order chi connectivity index (χ1) is 7.86. The molecule has 0 atom stereocenters. The molecule has 0 amide bonds. The number of rotatable bonds is 8. The lowest BCUT2D eigenvalue weighted by molar-refractivity contribution is 0.267. The second kappa shape index (κ2) is 9.35. The second-order valence-electron chi connectivity index (χ2n) is 4.23. The second-order valence-corrected chi connectivity index (χ2v) is 5.86. The van der Waals surface area contributed by atoms with E-state index < -0.39 is 8.38 Å². The van der Waals surface area contributed by atoms with E-state index in [2.05, 4.69) is 5.32 Å². The van der Waals surface area contributed by atoms with Crippen molar-refractivity contribution in [1.29, 1.82) is 0 Å². The van der Waals surface area contributed by atoms with Crippen LogP contribution in [0.3, 0.4) is 0 Å². The average Bonchev–Trinajstić information content (AvgIpc) is 2.31. The molecule has 1 saturated heterocycles. The molecule has 0 bridgehead atoms. The lowest BCUT2D eigenvalue weighted by Gasteiger charge is -2.23. The summed E-state index contributed by atoms with van der Waals surface area (Å²) in [7, 11) is -0.603. The van der Waals surface area contributed by atoms with Crippen LogP contribution in [-0.4, -0.2) is 32.5 Å². The van der Waals surface area contributed by atoms with Crippen LogP contribution in [0, 0.1) is 5.92 Å². The van der Waals surface area contributed by atoms with Crippen LogP contribution in [0.4, 0.5) is 0 Å². The van der Waals surface area contributed by atoms with E-state index in [0.717, 1.165) is 25.3 Å². The number of piperidine rings is 1. The Morgan fingerprint density at radius 3 is 2.31 bits per heavy atom. The Morgan fingerprint density at radius 2 is 1.75 bits per heavy atom. The van der Waals surface area contributed by atoms with E-state index in [9.17, 15) is 0 Å². The molecule has 0 aromatic carbocycles. The third kappa shape index (κ3) is 6.15. The summed E-state index contributed by atoms with van der Waals surface area (Å²) in [5, 5.41) is 3.41. The quantitative estimate of drug-likeness (QED) is 0.668. The highest BCUT2D eigenvalue weighted by Gasteiger charge is 2.14. The standard InChI is InChI=1S/C12H26NO2P/c1-3-14-16(15-4-2)11-5-6-12-7-9-13-10-8-12/h12-13H,3-11H2,1-2H3. The minimum Gasteiger partial charge on any atom is -0.334 e. The maximum Gasteiger partial charge on any atom is 0.170 e. The van der Waals surface area contributed by atoms with Crippen molar-refractivity contribution in [1.82, 2.24) is 5.32 Å². The summed E-state index contributed by atoms with van der Waals surface area (Å²) < 4.78 is 11.2. The van der Waals surface area contributed by atoms with E-state index in [1.165, 1.54) is 38.8 Å².